The van der Waals surface area contributed by atoms with E-state index in [0.717, 1.165) is 17.7 Å². The Hall–Kier alpha value is -2.81. The molecule has 4 aromatic rings. The molecule has 180 valence electrons. The lowest BCUT2D eigenvalue weighted by molar-refractivity contribution is -0.137. The lowest BCUT2D eigenvalue weighted by Gasteiger charge is -2.16. The van der Waals surface area contributed by atoms with Crippen LogP contribution in [-0.4, -0.2) is 5.91 Å². The maximum Gasteiger partial charge on any atom is 0.418 e. The van der Waals surface area contributed by atoms with E-state index in [9.17, 15) is 22.8 Å². The van der Waals surface area contributed by atoms with Gasteiger partial charge in [0.15, 0.2) is 0 Å². The van der Waals surface area contributed by atoms with Crippen molar-refractivity contribution in [3.63, 3.8) is 0 Å². The number of halogens is 6. The fourth-order valence-electron chi connectivity index (χ4n) is 3.72. The lowest BCUT2D eigenvalue weighted by atomic mass is 9.94. The van der Waals surface area contributed by atoms with Crippen LogP contribution in [0.5, 0.6) is 0 Å². The summed E-state index contributed by atoms with van der Waals surface area (Å²) in [5.74, 6) is -0.823. The summed E-state index contributed by atoms with van der Waals surface area (Å²) >= 11 is 15.4. The topological polar surface area (TPSA) is 59.3 Å². The summed E-state index contributed by atoms with van der Waals surface area (Å²) < 4.78 is 45.8. The van der Waals surface area contributed by atoms with Crippen LogP contribution in [0.2, 0.25) is 10.0 Å². The summed E-state index contributed by atoms with van der Waals surface area (Å²) in [6.07, 6.45) is -5.26. The zero-order valence-corrected chi connectivity index (χ0v) is 20.8. The minimum atomic E-state index is -4.74. The molecule has 0 aliphatic heterocycles. The van der Waals surface area contributed by atoms with Gasteiger partial charge in [-0.05, 0) is 35.4 Å². The zero-order chi connectivity index (χ0) is 25.3. The highest BCUT2D eigenvalue weighted by molar-refractivity contribution is 9.08. The zero-order valence-electron chi connectivity index (χ0n) is 17.7. The molecular weight excluding hydrogens is 570 g/mol. The van der Waals surface area contributed by atoms with Crippen LogP contribution in [0.3, 0.4) is 0 Å². The van der Waals surface area contributed by atoms with Gasteiger partial charge in [-0.15, -0.1) is 0 Å². The molecule has 10 heteroatoms. The smallest absolute Gasteiger partial charge is 0.418 e. The van der Waals surface area contributed by atoms with Crippen molar-refractivity contribution in [3.8, 4) is 11.1 Å². The molecule has 4 nitrogen and oxygen atoms in total. The Morgan fingerprint density at radius 1 is 1.03 bits per heavy atom. The molecule has 0 unspecified atom stereocenters. The van der Waals surface area contributed by atoms with Crippen LogP contribution in [-0.2, 0) is 22.7 Å². The van der Waals surface area contributed by atoms with Gasteiger partial charge < -0.3 is 9.73 Å². The maximum atomic E-state index is 13.4. The van der Waals surface area contributed by atoms with Gasteiger partial charge in [-0.3, -0.25) is 4.79 Å². The third-order valence-corrected chi connectivity index (χ3v) is 6.46. The number of hydrogen-bond acceptors (Lipinski definition) is 3. The first-order chi connectivity index (χ1) is 16.6. The second-order valence-corrected chi connectivity index (χ2v) is 9.00. The van der Waals surface area contributed by atoms with E-state index in [0.29, 0.717) is 26.9 Å². The van der Waals surface area contributed by atoms with E-state index < -0.39 is 35.4 Å². The van der Waals surface area contributed by atoms with E-state index in [1.807, 2.05) is 0 Å². The highest BCUT2D eigenvalue weighted by Crippen LogP contribution is 2.37. The van der Waals surface area contributed by atoms with Gasteiger partial charge in [0.05, 0.1) is 23.2 Å². The fraction of sp³-hybridized carbons (Fsp3) is 0.120. The molecule has 0 aliphatic carbocycles. The van der Waals surface area contributed by atoms with Crippen molar-refractivity contribution in [2.75, 3.05) is 5.32 Å². The van der Waals surface area contributed by atoms with Gasteiger partial charge in [0.2, 0.25) is 5.91 Å². The van der Waals surface area contributed by atoms with E-state index in [1.54, 1.807) is 36.4 Å². The molecule has 35 heavy (non-hydrogen) atoms. The predicted octanol–water partition coefficient (Wildman–Crippen LogP) is 7.86. The molecule has 0 saturated carbocycles. The molecule has 0 saturated heterocycles. The molecule has 1 amide bonds. The van der Waals surface area contributed by atoms with Crippen LogP contribution in [0.25, 0.3) is 22.1 Å². The Morgan fingerprint density at radius 2 is 1.74 bits per heavy atom. The summed E-state index contributed by atoms with van der Waals surface area (Å²) in [5, 5.41) is 3.49. The van der Waals surface area contributed by atoms with Crippen LogP contribution >= 0.6 is 39.1 Å². The normalized spacial score (nSPS) is 11.6. The maximum absolute atomic E-state index is 13.4. The predicted molar refractivity (Wildman–Crippen MR) is 134 cm³/mol. The molecule has 0 radical (unpaired) electrons. The Morgan fingerprint density at radius 3 is 2.40 bits per heavy atom. The molecule has 0 atom stereocenters. The number of anilines is 1. The van der Waals surface area contributed by atoms with Crippen LogP contribution in [0.1, 0.15) is 16.7 Å². The fourth-order valence-corrected chi connectivity index (χ4v) is 4.74. The van der Waals surface area contributed by atoms with Gasteiger partial charge in [0, 0.05) is 32.4 Å². The second kappa shape index (κ2) is 10.0. The van der Waals surface area contributed by atoms with Crippen molar-refractivity contribution in [3.05, 3.63) is 97.8 Å². The molecular formula is C25H15BrCl2F3NO3. The van der Waals surface area contributed by atoms with E-state index in [1.165, 1.54) is 12.1 Å². The third-order valence-electron chi connectivity index (χ3n) is 5.27. The largest absolute Gasteiger partial charge is 0.422 e. The van der Waals surface area contributed by atoms with E-state index >= 15 is 0 Å². The monoisotopic (exact) mass is 583 g/mol. The van der Waals surface area contributed by atoms with Crippen molar-refractivity contribution in [2.24, 2.45) is 0 Å². The van der Waals surface area contributed by atoms with Crippen molar-refractivity contribution < 1.29 is 22.4 Å². The number of nitrogens with one attached hydrogen (secondary N) is 1. The molecule has 1 heterocycles. The first kappa shape index (κ1) is 25.3. The molecule has 3 aromatic carbocycles. The number of benzene rings is 3. The summed E-state index contributed by atoms with van der Waals surface area (Å²) in [6.45, 7) is 0. The Balaban J connectivity index is 1.83. The average Bonchev–Trinajstić information content (AvgIpc) is 2.80. The van der Waals surface area contributed by atoms with Crippen molar-refractivity contribution >= 4 is 61.7 Å². The van der Waals surface area contributed by atoms with Crippen molar-refractivity contribution in [2.45, 2.75) is 17.9 Å². The molecule has 1 aromatic heterocycles. The van der Waals surface area contributed by atoms with Crippen LogP contribution in [0.4, 0.5) is 18.9 Å². The SMILES string of the molecule is O=C(Cc1c(-c2ccccc2)c2cc(CBr)c(Cl)cc2oc1=O)Nc1ccc(Cl)cc1C(F)(F)F. The number of fused-ring (bicyclic) bond motifs is 1. The average molecular weight is 585 g/mol. The first-order valence-corrected chi connectivity index (χ1v) is 12.0. The number of hydrogen-bond donors (Lipinski definition) is 1. The lowest BCUT2D eigenvalue weighted by Crippen LogP contribution is -2.22. The highest BCUT2D eigenvalue weighted by atomic mass is 79.9. The summed E-state index contributed by atoms with van der Waals surface area (Å²) in [7, 11) is 0. The van der Waals surface area contributed by atoms with Crippen LogP contribution in [0.15, 0.2) is 69.9 Å². The minimum absolute atomic E-state index is 0.00608. The van der Waals surface area contributed by atoms with Gasteiger partial charge in [-0.25, -0.2) is 4.79 Å². The Labute approximate surface area is 215 Å². The van der Waals surface area contributed by atoms with Gasteiger partial charge in [0.25, 0.3) is 0 Å². The summed E-state index contributed by atoms with van der Waals surface area (Å²) in [4.78, 5) is 25.8. The Bertz CT molecular complexity index is 1490. The van der Waals surface area contributed by atoms with Crippen LogP contribution in [0, 0.1) is 0 Å². The highest BCUT2D eigenvalue weighted by Gasteiger charge is 2.34. The molecule has 0 aliphatic rings. The second-order valence-electron chi connectivity index (χ2n) is 7.60. The first-order valence-electron chi connectivity index (χ1n) is 10.1. The summed E-state index contributed by atoms with van der Waals surface area (Å²) in [6, 6.07) is 15.2. The van der Waals surface area contributed by atoms with Crippen molar-refractivity contribution in [1.82, 2.24) is 0 Å². The van der Waals surface area contributed by atoms with E-state index in [2.05, 4.69) is 21.2 Å². The third kappa shape index (κ3) is 5.39. The number of amides is 1. The molecule has 1 N–H and O–H groups in total. The number of carbonyl (C=O) groups excluding carboxylic acids is 1. The van der Waals surface area contributed by atoms with Crippen molar-refractivity contribution in [1.29, 1.82) is 0 Å². The number of rotatable bonds is 5. The summed E-state index contributed by atoms with van der Waals surface area (Å²) in [5.41, 5.74) is -0.304. The minimum Gasteiger partial charge on any atom is -0.422 e. The molecule has 4 rings (SSSR count). The van der Waals surface area contributed by atoms with E-state index in [4.69, 9.17) is 27.6 Å². The number of carbonyl (C=O) groups is 1. The van der Waals surface area contributed by atoms with E-state index in [-0.39, 0.29) is 16.2 Å². The van der Waals surface area contributed by atoms with Gasteiger partial charge in [-0.2, -0.15) is 13.2 Å². The number of alkyl halides is 4. The van der Waals surface area contributed by atoms with Gasteiger partial charge in [0.1, 0.15) is 5.58 Å². The standard InChI is InChI=1S/C25H15BrCl2F3NO3/c26-12-14-8-16-21(11-19(14)28)35-24(34)17(23(16)13-4-2-1-3-5-13)10-22(33)32-20-7-6-15(27)9-18(20)25(29,30)31/h1-9,11H,10,12H2,(H,32,33). The van der Waals surface area contributed by atoms with Gasteiger partial charge in [-0.1, -0.05) is 69.5 Å². The van der Waals surface area contributed by atoms with Crippen LogP contribution < -0.4 is 10.9 Å². The Kier molecular flexibility index (Phi) is 7.26. The molecule has 0 bridgehead atoms. The van der Waals surface area contributed by atoms with Gasteiger partial charge >= 0.3 is 11.8 Å². The quantitative estimate of drug-likeness (QED) is 0.192. The molecule has 0 fully saturated rings. The molecule has 0 spiro atoms.